The summed E-state index contributed by atoms with van der Waals surface area (Å²) in [7, 11) is 0. The van der Waals surface area contributed by atoms with Crippen LogP contribution >= 0.6 is 15.9 Å². The van der Waals surface area contributed by atoms with Crippen molar-refractivity contribution in [1.29, 1.82) is 0 Å². The lowest BCUT2D eigenvalue weighted by atomic mass is 10.1. The molecule has 0 amide bonds. The van der Waals surface area contributed by atoms with Crippen molar-refractivity contribution in [2.75, 3.05) is 11.9 Å². The van der Waals surface area contributed by atoms with Gasteiger partial charge in [0.25, 0.3) is 0 Å². The summed E-state index contributed by atoms with van der Waals surface area (Å²) in [4.78, 5) is 16.7. The first-order chi connectivity index (χ1) is 12.3. The summed E-state index contributed by atoms with van der Waals surface area (Å²) < 4.78 is 19.1. The summed E-state index contributed by atoms with van der Waals surface area (Å²) in [6.45, 7) is 9.84. The highest BCUT2D eigenvalue weighted by Crippen LogP contribution is 2.31. The van der Waals surface area contributed by atoms with E-state index in [-0.39, 0.29) is 17.6 Å². The second kappa shape index (κ2) is 8.94. The first-order valence-corrected chi connectivity index (χ1v) is 9.08. The number of pyridine rings is 1. The molecule has 6 heteroatoms. The number of hydrogen-bond donors (Lipinski definition) is 1. The van der Waals surface area contributed by atoms with Crippen molar-refractivity contribution in [3.63, 3.8) is 0 Å². The zero-order valence-electron chi connectivity index (χ0n) is 15.1. The van der Waals surface area contributed by atoms with Gasteiger partial charge in [0.15, 0.2) is 5.69 Å². The fourth-order valence-corrected chi connectivity index (χ4v) is 2.87. The summed E-state index contributed by atoms with van der Waals surface area (Å²) in [5.74, 6) is -0.764. The number of nitrogens with one attached hydrogen (secondary N) is 1. The summed E-state index contributed by atoms with van der Waals surface area (Å²) in [5, 5.41) is 3.20. The largest absolute Gasteiger partial charge is 0.458 e. The minimum Gasteiger partial charge on any atom is -0.458 e. The molecule has 2 aromatic rings. The normalized spacial score (nSPS) is 10.7. The van der Waals surface area contributed by atoms with Gasteiger partial charge in [0.1, 0.15) is 5.82 Å². The van der Waals surface area contributed by atoms with Gasteiger partial charge in [-0.25, -0.2) is 14.2 Å². The first kappa shape index (κ1) is 20.1. The molecule has 1 aromatic carbocycles. The SMILES string of the molecule is C=C(C)CNc1c(C(=O)OC(C)C)ncc(Cc2ccc(F)cc2)c1Br. The lowest BCUT2D eigenvalue weighted by Gasteiger charge is -2.16. The van der Waals surface area contributed by atoms with Crippen LogP contribution in [0.15, 0.2) is 47.1 Å². The number of esters is 1. The molecular formula is C20H22BrFN2O2. The molecule has 2 rings (SSSR count). The van der Waals surface area contributed by atoms with Gasteiger partial charge in [-0.3, -0.25) is 0 Å². The third kappa shape index (κ3) is 5.39. The molecule has 0 fully saturated rings. The van der Waals surface area contributed by atoms with E-state index in [1.54, 1.807) is 32.2 Å². The molecule has 0 atom stereocenters. The Morgan fingerprint density at radius 3 is 2.58 bits per heavy atom. The molecule has 0 radical (unpaired) electrons. The van der Waals surface area contributed by atoms with Gasteiger partial charge in [-0.2, -0.15) is 0 Å². The number of benzene rings is 1. The minimum absolute atomic E-state index is 0.217. The number of hydrogen-bond acceptors (Lipinski definition) is 4. The third-order valence-corrected chi connectivity index (χ3v) is 4.40. The van der Waals surface area contributed by atoms with Crippen LogP contribution in [0, 0.1) is 5.82 Å². The fraction of sp³-hybridized carbons (Fsp3) is 0.300. The highest BCUT2D eigenvalue weighted by atomic mass is 79.9. The molecule has 26 heavy (non-hydrogen) atoms. The lowest BCUT2D eigenvalue weighted by molar-refractivity contribution is 0.0372. The Hall–Kier alpha value is -2.21. The fourth-order valence-electron chi connectivity index (χ4n) is 2.30. The molecule has 0 aliphatic carbocycles. The van der Waals surface area contributed by atoms with E-state index in [2.05, 4.69) is 32.8 Å². The van der Waals surface area contributed by atoms with E-state index in [9.17, 15) is 9.18 Å². The zero-order valence-corrected chi connectivity index (χ0v) is 16.7. The van der Waals surface area contributed by atoms with E-state index in [0.29, 0.717) is 18.7 Å². The number of halogens is 2. The van der Waals surface area contributed by atoms with Crippen LogP contribution in [0.4, 0.5) is 10.1 Å². The molecule has 4 nitrogen and oxygen atoms in total. The molecule has 138 valence electrons. The van der Waals surface area contributed by atoms with Crippen molar-refractivity contribution in [3.8, 4) is 0 Å². The van der Waals surface area contributed by atoms with Crippen LogP contribution in [-0.2, 0) is 11.2 Å². The van der Waals surface area contributed by atoms with Crippen molar-refractivity contribution < 1.29 is 13.9 Å². The van der Waals surface area contributed by atoms with Crippen LogP contribution in [0.2, 0.25) is 0 Å². The number of carbonyl (C=O) groups excluding carboxylic acids is 1. The second-order valence-corrected chi connectivity index (χ2v) is 7.18. The van der Waals surface area contributed by atoms with Gasteiger partial charge in [-0.05, 0) is 60.0 Å². The summed E-state index contributed by atoms with van der Waals surface area (Å²) in [6.07, 6.45) is 1.95. The van der Waals surface area contributed by atoms with Crippen LogP contribution in [0.3, 0.4) is 0 Å². The maximum atomic E-state index is 13.1. The molecule has 1 N–H and O–H groups in total. The predicted octanol–water partition coefficient (Wildman–Crippen LogP) is 5.13. The molecule has 0 aliphatic heterocycles. The number of carbonyl (C=O) groups is 1. The number of ether oxygens (including phenoxy) is 1. The minimum atomic E-state index is -0.488. The van der Waals surface area contributed by atoms with Crippen LogP contribution in [0.25, 0.3) is 0 Å². The topological polar surface area (TPSA) is 51.2 Å². The van der Waals surface area contributed by atoms with Gasteiger partial charge < -0.3 is 10.1 Å². The standard InChI is InChI=1S/C20H22BrFN2O2/c1-12(2)10-23-18-17(21)15(9-14-5-7-16(22)8-6-14)11-24-19(18)20(25)26-13(3)4/h5-8,11,13,23H,1,9-10H2,2-4H3. The second-order valence-electron chi connectivity index (χ2n) is 6.39. The van der Waals surface area contributed by atoms with Gasteiger partial charge in [0, 0.05) is 23.6 Å². The Kier molecular flexibility index (Phi) is 6.91. The first-order valence-electron chi connectivity index (χ1n) is 8.29. The Balaban J connectivity index is 2.38. The Bertz CT molecular complexity index is 804. The number of aromatic nitrogens is 1. The van der Waals surface area contributed by atoms with Gasteiger partial charge in [-0.1, -0.05) is 24.3 Å². The van der Waals surface area contributed by atoms with E-state index in [1.165, 1.54) is 12.1 Å². The summed E-state index contributed by atoms with van der Waals surface area (Å²) in [5.41, 5.74) is 3.52. The Morgan fingerprint density at radius 1 is 1.35 bits per heavy atom. The van der Waals surface area contributed by atoms with E-state index < -0.39 is 5.97 Å². The molecule has 1 aromatic heterocycles. The van der Waals surface area contributed by atoms with Crippen molar-refractivity contribution in [2.24, 2.45) is 0 Å². The number of anilines is 1. The smallest absolute Gasteiger partial charge is 0.359 e. The Morgan fingerprint density at radius 2 is 2.00 bits per heavy atom. The maximum absolute atomic E-state index is 13.1. The van der Waals surface area contributed by atoms with Gasteiger partial charge >= 0.3 is 5.97 Å². The molecule has 0 saturated carbocycles. The average Bonchev–Trinajstić information content (AvgIpc) is 2.56. The Labute approximate surface area is 161 Å². The lowest BCUT2D eigenvalue weighted by Crippen LogP contribution is -2.17. The molecule has 0 unspecified atom stereocenters. The average molecular weight is 421 g/mol. The van der Waals surface area contributed by atoms with Crippen molar-refractivity contribution in [2.45, 2.75) is 33.3 Å². The highest BCUT2D eigenvalue weighted by Gasteiger charge is 2.21. The summed E-state index contributed by atoms with van der Waals surface area (Å²) >= 11 is 3.57. The van der Waals surface area contributed by atoms with Crippen LogP contribution < -0.4 is 5.32 Å². The monoisotopic (exact) mass is 420 g/mol. The van der Waals surface area contributed by atoms with Crippen molar-refractivity contribution in [3.05, 3.63) is 69.7 Å². The van der Waals surface area contributed by atoms with Crippen LogP contribution in [0.5, 0.6) is 0 Å². The number of nitrogens with zero attached hydrogens (tertiary/aromatic N) is 1. The molecular weight excluding hydrogens is 399 g/mol. The van der Waals surface area contributed by atoms with Crippen molar-refractivity contribution >= 4 is 27.6 Å². The molecule has 1 heterocycles. The molecule has 0 saturated heterocycles. The molecule has 0 aliphatic rings. The molecule has 0 spiro atoms. The van der Waals surface area contributed by atoms with Crippen LogP contribution in [0.1, 0.15) is 42.4 Å². The maximum Gasteiger partial charge on any atom is 0.359 e. The van der Waals surface area contributed by atoms with Crippen LogP contribution in [-0.4, -0.2) is 23.6 Å². The number of rotatable bonds is 7. The van der Waals surface area contributed by atoms with E-state index in [1.807, 2.05) is 6.92 Å². The van der Waals surface area contributed by atoms with Gasteiger partial charge in [-0.15, -0.1) is 0 Å². The van der Waals surface area contributed by atoms with Crippen molar-refractivity contribution in [1.82, 2.24) is 4.98 Å². The highest BCUT2D eigenvalue weighted by molar-refractivity contribution is 9.10. The van der Waals surface area contributed by atoms with E-state index in [0.717, 1.165) is 21.2 Å². The van der Waals surface area contributed by atoms with Gasteiger partial charge in [0.05, 0.1) is 11.8 Å². The zero-order chi connectivity index (χ0) is 19.3. The predicted molar refractivity (Wildman–Crippen MR) is 105 cm³/mol. The van der Waals surface area contributed by atoms with E-state index in [4.69, 9.17) is 4.74 Å². The van der Waals surface area contributed by atoms with Gasteiger partial charge in [0.2, 0.25) is 0 Å². The summed E-state index contributed by atoms with van der Waals surface area (Å²) in [6, 6.07) is 6.30. The quantitative estimate of drug-likeness (QED) is 0.498. The van der Waals surface area contributed by atoms with E-state index >= 15 is 0 Å². The molecule has 0 bridgehead atoms. The third-order valence-electron chi connectivity index (χ3n) is 3.50.